The smallest absolute Gasteiger partial charge is 0.337 e. The van der Waals surface area contributed by atoms with Gasteiger partial charge in [-0.3, -0.25) is 4.79 Å². The number of aromatic nitrogens is 7. The molecule has 1 amide bonds. The molecule has 206 valence electrons. The molecule has 0 spiro atoms. The normalized spacial score (nSPS) is 10.9. The van der Waals surface area contributed by atoms with Gasteiger partial charge in [0.05, 0.1) is 56.3 Å². The summed E-state index contributed by atoms with van der Waals surface area (Å²) in [5.74, 6) is -2.65. The minimum atomic E-state index is -1.16. The fourth-order valence-corrected chi connectivity index (χ4v) is 4.35. The summed E-state index contributed by atoms with van der Waals surface area (Å²) in [6.45, 7) is 2.19. The quantitative estimate of drug-likeness (QED) is 0.238. The maximum absolute atomic E-state index is 12.8. The molecule has 15 heteroatoms. The lowest BCUT2D eigenvalue weighted by Gasteiger charge is -2.07. The molecule has 3 N–H and O–H groups in total. The number of carboxylic acids is 2. The number of halogens is 2. The molecule has 0 radical (unpaired) electrons. The van der Waals surface area contributed by atoms with Gasteiger partial charge in [0.1, 0.15) is 11.4 Å². The molecule has 0 aliphatic heterocycles. The van der Waals surface area contributed by atoms with E-state index in [9.17, 15) is 24.6 Å². The zero-order chi connectivity index (χ0) is 29.3. The van der Waals surface area contributed by atoms with Gasteiger partial charge < -0.3 is 15.5 Å². The van der Waals surface area contributed by atoms with Gasteiger partial charge in [0.15, 0.2) is 0 Å². The summed E-state index contributed by atoms with van der Waals surface area (Å²) in [6, 6.07) is 11.8. The maximum atomic E-state index is 12.8. The Bertz CT molecular complexity index is 1710. The molecule has 0 saturated heterocycles. The topological polar surface area (TPSA) is 178 Å². The van der Waals surface area contributed by atoms with Crippen molar-refractivity contribution in [2.24, 2.45) is 0 Å². The Kier molecular flexibility index (Phi) is 7.46. The fourth-order valence-electron chi connectivity index (χ4n) is 3.84. The first-order chi connectivity index (χ1) is 19.6. The highest BCUT2D eigenvalue weighted by Crippen LogP contribution is 2.26. The van der Waals surface area contributed by atoms with E-state index in [-0.39, 0.29) is 27.1 Å². The summed E-state index contributed by atoms with van der Waals surface area (Å²) in [7, 11) is 0. The van der Waals surface area contributed by atoms with E-state index in [4.69, 9.17) is 23.2 Å². The highest BCUT2D eigenvalue weighted by Gasteiger charge is 2.18. The van der Waals surface area contributed by atoms with Crippen LogP contribution in [0.3, 0.4) is 0 Å². The Hall–Kier alpha value is -5.14. The third-order valence-corrected chi connectivity index (χ3v) is 6.46. The number of aromatic carboxylic acids is 2. The van der Waals surface area contributed by atoms with Crippen molar-refractivity contribution in [3.8, 4) is 34.2 Å². The van der Waals surface area contributed by atoms with E-state index in [1.54, 1.807) is 31.5 Å². The van der Waals surface area contributed by atoms with E-state index < -0.39 is 11.9 Å². The molecule has 2 aromatic carbocycles. The third kappa shape index (κ3) is 5.62. The van der Waals surface area contributed by atoms with Crippen LogP contribution in [0.25, 0.3) is 34.2 Å². The average molecular weight is 593 g/mol. The summed E-state index contributed by atoms with van der Waals surface area (Å²) in [5.41, 5.74) is 2.38. The van der Waals surface area contributed by atoms with Gasteiger partial charge in [0.2, 0.25) is 0 Å². The van der Waals surface area contributed by atoms with Crippen molar-refractivity contribution in [1.29, 1.82) is 0 Å². The Morgan fingerprint density at radius 2 is 1.22 bits per heavy atom. The van der Waals surface area contributed by atoms with E-state index >= 15 is 0 Å². The second-order valence-electron chi connectivity index (χ2n) is 8.52. The molecular formula is C26H18Cl2N8O5. The molecule has 13 nitrogen and oxygen atoms in total. The van der Waals surface area contributed by atoms with E-state index in [2.05, 4.69) is 30.9 Å². The SMILES string of the molecule is CCNC(=O)c1cc(-c2cn(-c3ccc(C(=O)O)c(Cl)c3)nn2)nc(-c2cn(-c3ccc(C(=O)O)c(Cl)c3)nn2)c1. The van der Waals surface area contributed by atoms with Gasteiger partial charge in [0, 0.05) is 12.1 Å². The largest absolute Gasteiger partial charge is 0.478 e. The lowest BCUT2D eigenvalue weighted by molar-refractivity contribution is 0.0686. The number of hydrogen-bond donors (Lipinski definition) is 3. The van der Waals surface area contributed by atoms with Crippen molar-refractivity contribution in [2.75, 3.05) is 6.54 Å². The second kappa shape index (κ2) is 11.2. The van der Waals surface area contributed by atoms with Crippen LogP contribution in [-0.2, 0) is 0 Å². The van der Waals surface area contributed by atoms with Crippen LogP contribution in [0.1, 0.15) is 38.0 Å². The molecule has 0 aliphatic rings. The van der Waals surface area contributed by atoms with Crippen LogP contribution < -0.4 is 5.32 Å². The first kappa shape index (κ1) is 27.4. The molecule has 0 fully saturated rings. The van der Waals surface area contributed by atoms with Crippen LogP contribution >= 0.6 is 23.2 Å². The van der Waals surface area contributed by atoms with Crippen LogP contribution in [0.4, 0.5) is 0 Å². The number of pyridine rings is 1. The highest BCUT2D eigenvalue weighted by molar-refractivity contribution is 6.34. The summed E-state index contributed by atoms with van der Waals surface area (Å²) in [6.07, 6.45) is 3.12. The van der Waals surface area contributed by atoms with E-state index in [1.807, 2.05) is 0 Å². The summed E-state index contributed by atoms with van der Waals surface area (Å²) in [5, 5.41) is 37.8. The number of carboxylic acid groups (broad SMARTS) is 2. The van der Waals surface area contributed by atoms with Crippen LogP contribution in [0, 0.1) is 0 Å². The predicted octanol–water partition coefficient (Wildman–Crippen LogP) is 4.03. The van der Waals surface area contributed by atoms with Crippen molar-refractivity contribution in [1.82, 2.24) is 40.3 Å². The summed E-state index contributed by atoms with van der Waals surface area (Å²) in [4.78, 5) is 39.9. The van der Waals surface area contributed by atoms with Crippen molar-refractivity contribution in [3.63, 3.8) is 0 Å². The van der Waals surface area contributed by atoms with Crippen molar-refractivity contribution >= 4 is 41.0 Å². The van der Waals surface area contributed by atoms with Gasteiger partial charge >= 0.3 is 11.9 Å². The number of carbonyl (C=O) groups excluding carboxylic acids is 1. The van der Waals surface area contributed by atoms with Gasteiger partial charge in [-0.15, -0.1) is 10.2 Å². The molecule has 3 heterocycles. The van der Waals surface area contributed by atoms with Gasteiger partial charge in [0.25, 0.3) is 5.91 Å². The minimum absolute atomic E-state index is 0.0349. The Balaban J connectivity index is 1.53. The van der Waals surface area contributed by atoms with Crippen LogP contribution in [-0.4, -0.2) is 69.6 Å². The lowest BCUT2D eigenvalue weighted by atomic mass is 10.1. The number of benzene rings is 2. The molecule has 5 aromatic rings. The minimum Gasteiger partial charge on any atom is -0.478 e. The van der Waals surface area contributed by atoms with Gasteiger partial charge in [-0.2, -0.15) is 0 Å². The predicted molar refractivity (Wildman–Crippen MR) is 147 cm³/mol. The number of nitrogens with zero attached hydrogens (tertiary/aromatic N) is 7. The van der Waals surface area contributed by atoms with Crippen LogP contribution in [0.5, 0.6) is 0 Å². The second-order valence-corrected chi connectivity index (χ2v) is 9.34. The van der Waals surface area contributed by atoms with Crippen molar-refractivity contribution in [2.45, 2.75) is 6.92 Å². The summed E-state index contributed by atoms with van der Waals surface area (Å²) >= 11 is 12.2. The van der Waals surface area contributed by atoms with Crippen LogP contribution in [0.2, 0.25) is 10.0 Å². The van der Waals surface area contributed by atoms with Crippen molar-refractivity contribution < 1.29 is 24.6 Å². The standard InChI is InChI=1S/C26H18Cl2N8O5/c1-2-29-24(37)13-7-20(22-11-35(33-31-22)14-3-5-16(25(38)39)18(27)9-14)30-21(8-13)23-12-36(34-32-23)15-4-6-17(26(40)41)19(28)10-15/h3-12H,2H2,1H3,(H,29,37)(H,38,39)(H,40,41). The monoisotopic (exact) mass is 592 g/mol. The number of nitrogens with one attached hydrogen (secondary N) is 1. The molecular weight excluding hydrogens is 575 g/mol. The van der Waals surface area contributed by atoms with Crippen LogP contribution in [0.15, 0.2) is 60.9 Å². The summed E-state index contributed by atoms with van der Waals surface area (Å²) < 4.78 is 2.79. The first-order valence-electron chi connectivity index (χ1n) is 11.9. The first-order valence-corrected chi connectivity index (χ1v) is 12.6. The fraction of sp³-hybridized carbons (Fsp3) is 0.0769. The zero-order valence-corrected chi connectivity index (χ0v) is 22.5. The van der Waals surface area contributed by atoms with E-state index in [1.165, 1.54) is 45.8 Å². The molecule has 0 atom stereocenters. The molecule has 0 unspecified atom stereocenters. The lowest BCUT2D eigenvalue weighted by Crippen LogP contribution is -2.22. The van der Waals surface area contributed by atoms with Gasteiger partial charge in [-0.25, -0.2) is 23.9 Å². The average Bonchev–Trinajstić information content (AvgIpc) is 3.63. The van der Waals surface area contributed by atoms with Crippen molar-refractivity contribution in [3.05, 3.63) is 87.7 Å². The Morgan fingerprint density at radius 1 is 0.756 bits per heavy atom. The molecule has 3 aromatic heterocycles. The maximum Gasteiger partial charge on any atom is 0.337 e. The van der Waals surface area contributed by atoms with E-state index in [0.717, 1.165) is 0 Å². The molecule has 0 bridgehead atoms. The van der Waals surface area contributed by atoms with E-state index in [0.29, 0.717) is 46.3 Å². The zero-order valence-electron chi connectivity index (χ0n) is 21.0. The molecule has 41 heavy (non-hydrogen) atoms. The Morgan fingerprint density at radius 3 is 1.61 bits per heavy atom. The molecule has 5 rings (SSSR count). The van der Waals surface area contributed by atoms with Gasteiger partial charge in [-0.05, 0) is 55.5 Å². The third-order valence-electron chi connectivity index (χ3n) is 5.83. The number of carbonyl (C=O) groups is 3. The van der Waals surface area contributed by atoms with Gasteiger partial charge in [-0.1, -0.05) is 33.6 Å². The molecule has 0 saturated carbocycles. The Labute approximate surface area is 241 Å². The number of hydrogen-bond acceptors (Lipinski definition) is 8. The highest BCUT2D eigenvalue weighted by atomic mass is 35.5. The molecule has 0 aliphatic carbocycles. The number of amides is 1. The number of rotatable bonds is 8.